The Kier molecular flexibility index (Phi) is 6.28. The fourth-order valence-corrected chi connectivity index (χ4v) is 10.8. The summed E-state index contributed by atoms with van der Waals surface area (Å²) in [6, 6.07) is 64.3. The van der Waals surface area contributed by atoms with Crippen molar-refractivity contribution in [2.45, 2.75) is 38.5 Å². The van der Waals surface area contributed by atoms with Gasteiger partial charge in [0.25, 0.3) is 0 Å². The molecular formula is C56H40. The molecule has 0 unspecified atom stereocenters. The van der Waals surface area contributed by atoms with Gasteiger partial charge in [-0.15, -0.1) is 0 Å². The summed E-state index contributed by atoms with van der Waals surface area (Å²) in [5.74, 6) is 0. The normalized spacial score (nSPS) is 14.7. The number of fused-ring (bicyclic) bond motifs is 11. The zero-order valence-corrected chi connectivity index (χ0v) is 32.2. The molecule has 12 rings (SSSR count). The lowest BCUT2D eigenvalue weighted by Gasteiger charge is -2.23. The van der Waals surface area contributed by atoms with Crippen LogP contribution in [0.25, 0.3) is 99.4 Å². The van der Waals surface area contributed by atoms with Gasteiger partial charge >= 0.3 is 0 Å². The van der Waals surface area contributed by atoms with Crippen molar-refractivity contribution in [3.63, 3.8) is 0 Å². The second-order valence-corrected chi connectivity index (χ2v) is 17.2. The zero-order chi connectivity index (χ0) is 37.5. The molecular weight excluding hydrogens is 673 g/mol. The van der Waals surface area contributed by atoms with Crippen LogP contribution in [0.1, 0.15) is 49.9 Å². The minimum Gasteiger partial charge on any atom is -0.0619 e. The summed E-state index contributed by atoms with van der Waals surface area (Å²) in [5, 5.41) is 5.33. The number of rotatable bonds is 3. The van der Waals surface area contributed by atoms with E-state index in [0.717, 1.165) is 0 Å². The highest BCUT2D eigenvalue weighted by Crippen LogP contribution is 2.55. The highest BCUT2D eigenvalue weighted by Gasteiger charge is 2.37. The molecule has 0 atom stereocenters. The van der Waals surface area contributed by atoms with Gasteiger partial charge in [-0.1, -0.05) is 179 Å². The first-order valence-electron chi connectivity index (χ1n) is 20.0. The Bertz CT molecular complexity index is 3170. The smallest absolute Gasteiger partial charge is 0.0159 e. The van der Waals surface area contributed by atoms with Crippen molar-refractivity contribution >= 4 is 21.5 Å². The van der Waals surface area contributed by atoms with E-state index in [1.165, 1.54) is 122 Å². The Labute approximate surface area is 328 Å². The number of hydrogen-bond donors (Lipinski definition) is 0. The van der Waals surface area contributed by atoms with Gasteiger partial charge in [0.1, 0.15) is 0 Å². The fraction of sp³-hybridized carbons (Fsp3) is 0.107. The van der Waals surface area contributed by atoms with Crippen molar-refractivity contribution in [1.82, 2.24) is 0 Å². The Morgan fingerprint density at radius 2 is 0.679 bits per heavy atom. The molecule has 0 N–H and O–H groups in total. The first kappa shape index (κ1) is 31.8. The summed E-state index contributed by atoms with van der Waals surface area (Å²) in [5.41, 5.74) is 24.0. The zero-order valence-electron chi connectivity index (χ0n) is 32.2. The van der Waals surface area contributed by atoms with Crippen LogP contribution in [-0.2, 0) is 10.8 Å². The molecule has 9 aromatic carbocycles. The van der Waals surface area contributed by atoms with Crippen molar-refractivity contribution in [3.8, 4) is 77.9 Å². The topological polar surface area (TPSA) is 0 Å². The molecule has 56 heavy (non-hydrogen) atoms. The molecule has 3 aliphatic carbocycles. The minimum absolute atomic E-state index is 0.0152. The maximum absolute atomic E-state index is 2.46. The van der Waals surface area contributed by atoms with E-state index in [9.17, 15) is 0 Å². The summed E-state index contributed by atoms with van der Waals surface area (Å²) >= 11 is 0. The third-order valence-corrected chi connectivity index (χ3v) is 13.6. The Morgan fingerprint density at radius 1 is 0.268 bits per heavy atom. The first-order chi connectivity index (χ1) is 27.3. The van der Waals surface area contributed by atoms with Crippen LogP contribution < -0.4 is 0 Å². The molecule has 0 saturated heterocycles. The Hall–Kier alpha value is -6.50. The van der Waals surface area contributed by atoms with Gasteiger partial charge < -0.3 is 0 Å². The predicted molar refractivity (Wildman–Crippen MR) is 237 cm³/mol. The summed E-state index contributed by atoms with van der Waals surface area (Å²) in [4.78, 5) is 0. The quantitative estimate of drug-likeness (QED) is 0.160. The van der Waals surface area contributed by atoms with Crippen LogP contribution in [0.15, 0.2) is 170 Å². The average Bonchev–Trinajstić information content (AvgIpc) is 3.78. The molecule has 0 bridgehead atoms. The summed E-state index contributed by atoms with van der Waals surface area (Å²) in [6.07, 6.45) is 0. The lowest BCUT2D eigenvalue weighted by Crippen LogP contribution is -2.15. The lowest BCUT2D eigenvalue weighted by atomic mass is 9.80. The molecule has 0 amide bonds. The molecule has 0 aliphatic heterocycles. The van der Waals surface area contributed by atoms with E-state index >= 15 is 0 Å². The predicted octanol–water partition coefficient (Wildman–Crippen LogP) is 15.3. The minimum atomic E-state index is -0.121. The first-order valence-corrected chi connectivity index (χ1v) is 20.0. The van der Waals surface area contributed by atoms with Crippen LogP contribution in [0.3, 0.4) is 0 Å². The number of hydrogen-bond acceptors (Lipinski definition) is 0. The van der Waals surface area contributed by atoms with Crippen molar-refractivity contribution in [2.24, 2.45) is 0 Å². The van der Waals surface area contributed by atoms with Crippen molar-refractivity contribution in [3.05, 3.63) is 192 Å². The van der Waals surface area contributed by atoms with Crippen LogP contribution in [-0.4, -0.2) is 0 Å². The molecule has 0 fully saturated rings. The third kappa shape index (κ3) is 4.14. The van der Waals surface area contributed by atoms with Crippen molar-refractivity contribution in [1.29, 1.82) is 0 Å². The van der Waals surface area contributed by atoms with Gasteiger partial charge in [-0.2, -0.15) is 0 Å². The second kappa shape index (κ2) is 11.1. The van der Waals surface area contributed by atoms with E-state index in [-0.39, 0.29) is 10.8 Å². The monoisotopic (exact) mass is 712 g/mol. The highest BCUT2D eigenvalue weighted by molar-refractivity contribution is 6.29. The van der Waals surface area contributed by atoms with Crippen LogP contribution in [0.5, 0.6) is 0 Å². The Balaban J connectivity index is 0.912. The lowest BCUT2D eigenvalue weighted by molar-refractivity contribution is 0.659. The summed E-state index contributed by atoms with van der Waals surface area (Å²) in [6.45, 7) is 9.53. The van der Waals surface area contributed by atoms with E-state index in [1.54, 1.807) is 0 Å². The average molecular weight is 713 g/mol. The second-order valence-electron chi connectivity index (χ2n) is 17.2. The summed E-state index contributed by atoms with van der Waals surface area (Å²) in [7, 11) is 0. The molecule has 0 heteroatoms. The largest absolute Gasteiger partial charge is 0.0619 e. The van der Waals surface area contributed by atoms with E-state index in [0.29, 0.717) is 0 Å². The molecule has 0 saturated carbocycles. The van der Waals surface area contributed by atoms with Gasteiger partial charge in [0, 0.05) is 10.8 Å². The molecule has 0 spiro atoms. The van der Waals surface area contributed by atoms with Gasteiger partial charge in [0.15, 0.2) is 0 Å². The maximum Gasteiger partial charge on any atom is 0.0159 e. The number of benzene rings is 9. The summed E-state index contributed by atoms with van der Waals surface area (Å²) < 4.78 is 0. The molecule has 0 aromatic heterocycles. The third-order valence-electron chi connectivity index (χ3n) is 13.6. The van der Waals surface area contributed by atoms with E-state index in [2.05, 4.69) is 198 Å². The standard InChI is InChI=1S/C56H40/c1-55(2)48-19-10-9-13-39(48)40-28-25-36(31-49(40)55)37-26-29-42-41-27-24-35(30-50(41)56(3,4)51(42)32-37)33-20-22-34(23-21-33)52-45-15-7-8-16-46(45)53-43-14-6-5-12-38(43)44-17-11-18-47(52)54(44)53/h5-32H,1-4H3. The molecule has 3 aliphatic rings. The molecule has 0 nitrogen and oxygen atoms in total. The van der Waals surface area contributed by atoms with Crippen molar-refractivity contribution in [2.75, 3.05) is 0 Å². The van der Waals surface area contributed by atoms with Crippen LogP contribution in [0.4, 0.5) is 0 Å². The molecule has 9 aromatic rings. The molecule has 264 valence electrons. The van der Waals surface area contributed by atoms with Crippen molar-refractivity contribution < 1.29 is 0 Å². The Morgan fingerprint density at radius 3 is 1.30 bits per heavy atom. The van der Waals surface area contributed by atoms with E-state index < -0.39 is 0 Å². The van der Waals surface area contributed by atoms with E-state index in [4.69, 9.17) is 0 Å². The SMILES string of the molecule is CC1(C)c2ccccc2-c2ccc(-c3ccc4c(c3)C(C)(C)c3cc(-c5ccc(-c6c7ccccc7c7c8c(cccc68)-c6ccccc6-7)cc5)ccc3-4)cc21. The van der Waals surface area contributed by atoms with Crippen LogP contribution >= 0.6 is 0 Å². The van der Waals surface area contributed by atoms with Crippen LogP contribution in [0, 0.1) is 0 Å². The van der Waals surface area contributed by atoms with Crippen LogP contribution in [0.2, 0.25) is 0 Å². The van der Waals surface area contributed by atoms with E-state index in [1.807, 2.05) is 0 Å². The molecule has 0 heterocycles. The van der Waals surface area contributed by atoms with Gasteiger partial charge in [0.05, 0.1) is 0 Å². The molecule has 0 radical (unpaired) electrons. The maximum atomic E-state index is 2.46. The van der Waals surface area contributed by atoms with Gasteiger partial charge in [0.2, 0.25) is 0 Å². The fourth-order valence-electron chi connectivity index (χ4n) is 10.8. The van der Waals surface area contributed by atoms with Gasteiger partial charge in [-0.25, -0.2) is 0 Å². The van der Waals surface area contributed by atoms with Gasteiger partial charge in [-0.05, 0) is 140 Å². The highest BCUT2D eigenvalue weighted by atomic mass is 14.4. The van der Waals surface area contributed by atoms with Gasteiger partial charge in [-0.3, -0.25) is 0 Å².